The lowest BCUT2D eigenvalue weighted by Crippen LogP contribution is -2.44. The van der Waals surface area contributed by atoms with Crippen molar-refractivity contribution in [2.24, 2.45) is 5.73 Å². The van der Waals surface area contributed by atoms with Crippen LogP contribution in [0.2, 0.25) is 10.0 Å². The van der Waals surface area contributed by atoms with Crippen LogP contribution in [0, 0.1) is 0 Å². The van der Waals surface area contributed by atoms with Gasteiger partial charge in [-0.1, -0.05) is 36.2 Å². The number of nitrogens with zero attached hydrogens (tertiary/aromatic N) is 2. The number of rotatable bonds is 7. The van der Waals surface area contributed by atoms with Crippen molar-refractivity contribution >= 4 is 23.2 Å². The van der Waals surface area contributed by atoms with Crippen LogP contribution in [-0.4, -0.2) is 49.6 Å². The second kappa shape index (κ2) is 8.20. The first-order valence-corrected chi connectivity index (χ1v) is 7.72. The first-order valence-electron chi connectivity index (χ1n) is 6.96. The first-order chi connectivity index (χ1) is 9.42. The zero-order valence-electron chi connectivity index (χ0n) is 12.7. The molecule has 2 atom stereocenters. The van der Waals surface area contributed by atoms with E-state index in [9.17, 15) is 0 Å². The van der Waals surface area contributed by atoms with Gasteiger partial charge in [-0.2, -0.15) is 0 Å². The molecule has 2 unspecified atom stereocenters. The van der Waals surface area contributed by atoms with E-state index in [-0.39, 0.29) is 6.04 Å². The molecule has 3 nitrogen and oxygen atoms in total. The van der Waals surface area contributed by atoms with Crippen LogP contribution < -0.4 is 5.73 Å². The zero-order chi connectivity index (χ0) is 15.3. The minimum absolute atomic E-state index is 0.0381. The first kappa shape index (κ1) is 17.7. The number of hydrogen-bond acceptors (Lipinski definition) is 3. The molecule has 0 radical (unpaired) electrons. The summed E-state index contributed by atoms with van der Waals surface area (Å²) in [6, 6.07) is 6.01. The molecule has 0 aliphatic heterocycles. The van der Waals surface area contributed by atoms with E-state index in [0.29, 0.717) is 22.6 Å². The zero-order valence-corrected chi connectivity index (χ0v) is 14.2. The molecule has 0 saturated carbocycles. The quantitative estimate of drug-likeness (QED) is 0.837. The third-order valence-corrected chi connectivity index (χ3v) is 4.18. The average Bonchev–Trinajstić information content (AvgIpc) is 2.36. The molecule has 1 aromatic rings. The van der Waals surface area contributed by atoms with Gasteiger partial charge in [0, 0.05) is 34.7 Å². The second-order valence-corrected chi connectivity index (χ2v) is 6.14. The van der Waals surface area contributed by atoms with Gasteiger partial charge in [-0.3, -0.25) is 4.90 Å². The van der Waals surface area contributed by atoms with Crippen LogP contribution in [0.25, 0.3) is 0 Å². The average molecular weight is 318 g/mol. The van der Waals surface area contributed by atoms with E-state index in [0.717, 1.165) is 18.7 Å². The van der Waals surface area contributed by atoms with Gasteiger partial charge in [-0.05, 0) is 39.7 Å². The summed E-state index contributed by atoms with van der Waals surface area (Å²) in [4.78, 5) is 4.53. The fraction of sp³-hybridized carbons (Fsp3) is 0.600. The minimum Gasteiger partial charge on any atom is -0.329 e. The van der Waals surface area contributed by atoms with Gasteiger partial charge in [-0.15, -0.1) is 0 Å². The maximum absolute atomic E-state index is 6.34. The van der Waals surface area contributed by atoms with Crippen molar-refractivity contribution in [2.75, 3.05) is 33.7 Å². The number of likely N-dealkylation sites (N-methyl/N-ethyl adjacent to an activating group) is 2. The van der Waals surface area contributed by atoms with Crippen LogP contribution in [-0.2, 0) is 0 Å². The minimum atomic E-state index is 0.0381. The lowest BCUT2D eigenvalue weighted by Gasteiger charge is -2.37. The fourth-order valence-electron chi connectivity index (χ4n) is 2.72. The molecule has 0 saturated heterocycles. The molecule has 0 aliphatic carbocycles. The van der Waals surface area contributed by atoms with Gasteiger partial charge in [0.05, 0.1) is 6.04 Å². The van der Waals surface area contributed by atoms with Crippen LogP contribution in [0.1, 0.15) is 25.5 Å². The van der Waals surface area contributed by atoms with Gasteiger partial charge in [0.25, 0.3) is 0 Å². The topological polar surface area (TPSA) is 32.5 Å². The Labute approximate surface area is 132 Å². The molecule has 20 heavy (non-hydrogen) atoms. The van der Waals surface area contributed by atoms with Gasteiger partial charge in [0.1, 0.15) is 0 Å². The monoisotopic (exact) mass is 317 g/mol. The lowest BCUT2D eigenvalue weighted by atomic mass is 10.0. The summed E-state index contributed by atoms with van der Waals surface area (Å²) in [7, 11) is 4.15. The van der Waals surface area contributed by atoms with Gasteiger partial charge < -0.3 is 10.6 Å². The summed E-state index contributed by atoms with van der Waals surface area (Å²) in [5.41, 5.74) is 6.95. The third-order valence-electron chi connectivity index (χ3n) is 3.52. The summed E-state index contributed by atoms with van der Waals surface area (Å²) in [6.07, 6.45) is 0. The van der Waals surface area contributed by atoms with Crippen molar-refractivity contribution < 1.29 is 0 Å². The van der Waals surface area contributed by atoms with Crippen molar-refractivity contribution in [1.29, 1.82) is 0 Å². The summed E-state index contributed by atoms with van der Waals surface area (Å²) >= 11 is 12.7. The molecule has 0 aliphatic rings. The van der Waals surface area contributed by atoms with Gasteiger partial charge >= 0.3 is 0 Å². The van der Waals surface area contributed by atoms with E-state index in [2.05, 4.69) is 37.7 Å². The molecular formula is C15H25Cl2N3. The number of hydrogen-bond donors (Lipinski definition) is 1. The van der Waals surface area contributed by atoms with Crippen molar-refractivity contribution in [3.8, 4) is 0 Å². The molecule has 114 valence electrons. The standard InChI is InChI=1S/C15H25Cl2N3/c1-5-20(11(2)10-19(3)4)14(9-18)15-12(16)7-6-8-13(15)17/h6-8,11,14H,5,9-10,18H2,1-4H3. The highest BCUT2D eigenvalue weighted by Crippen LogP contribution is 2.34. The Morgan fingerprint density at radius 1 is 1.20 bits per heavy atom. The molecular weight excluding hydrogens is 293 g/mol. The molecule has 0 fully saturated rings. The van der Waals surface area contributed by atoms with E-state index in [1.54, 1.807) is 0 Å². The molecule has 0 aromatic heterocycles. The highest BCUT2D eigenvalue weighted by molar-refractivity contribution is 6.36. The summed E-state index contributed by atoms with van der Waals surface area (Å²) in [5.74, 6) is 0. The van der Waals surface area contributed by atoms with Crippen molar-refractivity contribution in [2.45, 2.75) is 25.9 Å². The molecule has 1 aromatic carbocycles. The van der Waals surface area contributed by atoms with E-state index in [1.807, 2.05) is 18.2 Å². The van der Waals surface area contributed by atoms with Gasteiger partial charge in [-0.25, -0.2) is 0 Å². The highest BCUT2D eigenvalue weighted by Gasteiger charge is 2.26. The fourth-order valence-corrected chi connectivity index (χ4v) is 3.37. The van der Waals surface area contributed by atoms with Crippen LogP contribution in [0.4, 0.5) is 0 Å². The van der Waals surface area contributed by atoms with E-state index in [4.69, 9.17) is 28.9 Å². The van der Waals surface area contributed by atoms with Gasteiger partial charge in [0.15, 0.2) is 0 Å². The Bertz CT molecular complexity index is 403. The van der Waals surface area contributed by atoms with Crippen molar-refractivity contribution in [3.63, 3.8) is 0 Å². The Morgan fingerprint density at radius 2 is 1.75 bits per heavy atom. The Hall–Kier alpha value is -0.320. The predicted octanol–water partition coefficient (Wildman–Crippen LogP) is 3.27. The maximum atomic E-state index is 6.34. The molecule has 5 heteroatoms. The summed E-state index contributed by atoms with van der Waals surface area (Å²) in [5, 5.41) is 1.37. The maximum Gasteiger partial charge on any atom is 0.0503 e. The smallest absolute Gasteiger partial charge is 0.0503 e. The number of benzene rings is 1. The Morgan fingerprint density at radius 3 is 2.15 bits per heavy atom. The van der Waals surface area contributed by atoms with Crippen LogP contribution in [0.3, 0.4) is 0 Å². The predicted molar refractivity (Wildman–Crippen MR) is 88.7 cm³/mol. The van der Waals surface area contributed by atoms with E-state index >= 15 is 0 Å². The largest absolute Gasteiger partial charge is 0.329 e. The van der Waals surface area contributed by atoms with Crippen LogP contribution in [0.15, 0.2) is 18.2 Å². The van der Waals surface area contributed by atoms with Gasteiger partial charge in [0.2, 0.25) is 0 Å². The van der Waals surface area contributed by atoms with Crippen molar-refractivity contribution in [1.82, 2.24) is 9.80 Å². The highest BCUT2D eigenvalue weighted by atomic mass is 35.5. The molecule has 0 bridgehead atoms. The van der Waals surface area contributed by atoms with E-state index in [1.165, 1.54) is 0 Å². The molecule has 1 rings (SSSR count). The molecule has 0 heterocycles. The molecule has 0 amide bonds. The summed E-state index contributed by atoms with van der Waals surface area (Å²) < 4.78 is 0. The van der Waals surface area contributed by atoms with Crippen molar-refractivity contribution in [3.05, 3.63) is 33.8 Å². The molecule has 2 N–H and O–H groups in total. The van der Waals surface area contributed by atoms with Crippen LogP contribution in [0.5, 0.6) is 0 Å². The van der Waals surface area contributed by atoms with E-state index < -0.39 is 0 Å². The SMILES string of the molecule is CCN(C(C)CN(C)C)C(CN)c1c(Cl)cccc1Cl. The normalized spacial score (nSPS) is 14.8. The van der Waals surface area contributed by atoms with Crippen LogP contribution >= 0.6 is 23.2 Å². The third kappa shape index (κ3) is 4.34. The Kier molecular flexibility index (Phi) is 7.27. The summed E-state index contributed by atoms with van der Waals surface area (Å²) in [6.45, 7) is 6.70. The molecule has 0 spiro atoms. The number of nitrogens with two attached hydrogens (primary N) is 1. The lowest BCUT2D eigenvalue weighted by molar-refractivity contribution is 0.131. The second-order valence-electron chi connectivity index (χ2n) is 5.33. The Balaban J connectivity index is 3.09. The number of halogens is 2.